The SMILES string of the molecule is Cc1ccc(NC(=O)CN(C)CC(=O)N2CCN(c3ccccn3)CC2)cc1. The Labute approximate surface area is 166 Å². The Bertz CT molecular complexity index is 786. The zero-order valence-corrected chi connectivity index (χ0v) is 16.5. The summed E-state index contributed by atoms with van der Waals surface area (Å²) in [5, 5.41) is 2.86. The van der Waals surface area contributed by atoms with Gasteiger partial charge >= 0.3 is 0 Å². The monoisotopic (exact) mass is 381 g/mol. The summed E-state index contributed by atoms with van der Waals surface area (Å²) in [7, 11) is 1.79. The van der Waals surface area contributed by atoms with Crippen LogP contribution in [0.5, 0.6) is 0 Å². The van der Waals surface area contributed by atoms with Crippen LogP contribution in [-0.4, -0.2) is 72.9 Å². The molecule has 0 bridgehead atoms. The predicted octanol–water partition coefficient (Wildman–Crippen LogP) is 1.61. The molecule has 1 aliphatic rings. The molecule has 3 rings (SSSR count). The van der Waals surface area contributed by atoms with Crippen LogP contribution in [0, 0.1) is 6.92 Å². The molecule has 148 valence electrons. The van der Waals surface area contributed by atoms with Gasteiger partial charge in [0.25, 0.3) is 0 Å². The van der Waals surface area contributed by atoms with E-state index >= 15 is 0 Å². The molecule has 28 heavy (non-hydrogen) atoms. The summed E-state index contributed by atoms with van der Waals surface area (Å²) >= 11 is 0. The second-order valence-electron chi connectivity index (χ2n) is 7.14. The maximum absolute atomic E-state index is 12.5. The van der Waals surface area contributed by atoms with Gasteiger partial charge in [0, 0.05) is 38.1 Å². The van der Waals surface area contributed by atoms with Crippen LogP contribution in [0.4, 0.5) is 11.5 Å². The van der Waals surface area contributed by atoms with E-state index in [0.29, 0.717) is 13.1 Å². The molecule has 0 atom stereocenters. The second kappa shape index (κ2) is 9.32. The fraction of sp³-hybridized carbons (Fsp3) is 0.381. The average molecular weight is 381 g/mol. The predicted molar refractivity (Wildman–Crippen MR) is 110 cm³/mol. The molecule has 1 aliphatic heterocycles. The van der Waals surface area contributed by atoms with Crippen LogP contribution < -0.4 is 10.2 Å². The van der Waals surface area contributed by atoms with Gasteiger partial charge in [0.05, 0.1) is 13.1 Å². The number of benzene rings is 1. The number of piperazine rings is 1. The highest BCUT2D eigenvalue weighted by Crippen LogP contribution is 2.13. The summed E-state index contributed by atoms with van der Waals surface area (Å²) in [5.41, 5.74) is 1.91. The van der Waals surface area contributed by atoms with Crippen molar-refractivity contribution in [2.75, 3.05) is 56.5 Å². The van der Waals surface area contributed by atoms with Gasteiger partial charge in [-0.2, -0.15) is 0 Å². The molecule has 1 N–H and O–H groups in total. The lowest BCUT2D eigenvalue weighted by molar-refractivity contribution is -0.132. The number of nitrogens with zero attached hydrogens (tertiary/aromatic N) is 4. The summed E-state index contributed by atoms with van der Waals surface area (Å²) in [6.07, 6.45) is 1.78. The zero-order chi connectivity index (χ0) is 19.9. The van der Waals surface area contributed by atoms with Crippen LogP contribution in [0.2, 0.25) is 0 Å². The molecular weight excluding hydrogens is 354 g/mol. The molecule has 2 heterocycles. The highest BCUT2D eigenvalue weighted by molar-refractivity contribution is 5.92. The Hall–Kier alpha value is -2.93. The van der Waals surface area contributed by atoms with Gasteiger partial charge in [0.15, 0.2) is 0 Å². The van der Waals surface area contributed by atoms with E-state index in [1.54, 1.807) is 18.1 Å². The topological polar surface area (TPSA) is 68.8 Å². The number of aromatic nitrogens is 1. The summed E-state index contributed by atoms with van der Waals surface area (Å²) in [5.74, 6) is 0.866. The van der Waals surface area contributed by atoms with E-state index in [2.05, 4.69) is 15.2 Å². The highest BCUT2D eigenvalue weighted by Gasteiger charge is 2.23. The Balaban J connectivity index is 1.41. The van der Waals surface area contributed by atoms with Gasteiger partial charge < -0.3 is 15.1 Å². The van der Waals surface area contributed by atoms with Crippen LogP contribution in [0.3, 0.4) is 0 Å². The summed E-state index contributed by atoms with van der Waals surface area (Å²) in [6, 6.07) is 13.5. The summed E-state index contributed by atoms with van der Waals surface area (Å²) in [4.78, 5) is 34.9. The van der Waals surface area contributed by atoms with E-state index in [-0.39, 0.29) is 24.9 Å². The number of amides is 2. The fourth-order valence-corrected chi connectivity index (χ4v) is 3.20. The molecular formula is C21H27N5O2. The second-order valence-corrected chi connectivity index (χ2v) is 7.14. The van der Waals surface area contributed by atoms with Gasteiger partial charge in [-0.1, -0.05) is 23.8 Å². The van der Waals surface area contributed by atoms with Gasteiger partial charge in [-0.25, -0.2) is 4.98 Å². The van der Waals surface area contributed by atoms with Crippen LogP contribution >= 0.6 is 0 Å². The Morgan fingerprint density at radius 3 is 2.39 bits per heavy atom. The lowest BCUT2D eigenvalue weighted by atomic mass is 10.2. The van der Waals surface area contributed by atoms with Crippen molar-refractivity contribution >= 4 is 23.3 Å². The standard InChI is InChI=1S/C21H27N5O2/c1-17-6-8-18(9-7-17)23-20(27)15-24(2)16-21(28)26-13-11-25(12-14-26)19-5-3-4-10-22-19/h3-10H,11-16H2,1-2H3,(H,23,27). The number of hydrogen-bond acceptors (Lipinski definition) is 5. The van der Waals surface area contributed by atoms with E-state index in [0.717, 1.165) is 30.2 Å². The molecule has 0 radical (unpaired) electrons. The molecule has 0 unspecified atom stereocenters. The van der Waals surface area contributed by atoms with Gasteiger partial charge in [-0.3, -0.25) is 14.5 Å². The minimum absolute atomic E-state index is 0.0475. The molecule has 1 saturated heterocycles. The molecule has 1 fully saturated rings. The third-order valence-electron chi connectivity index (χ3n) is 4.76. The van der Waals surface area contributed by atoms with E-state index in [1.807, 2.05) is 54.3 Å². The van der Waals surface area contributed by atoms with Crippen molar-refractivity contribution in [2.24, 2.45) is 0 Å². The minimum Gasteiger partial charge on any atom is -0.353 e. The van der Waals surface area contributed by atoms with Crippen molar-refractivity contribution in [1.82, 2.24) is 14.8 Å². The number of nitrogens with one attached hydrogen (secondary N) is 1. The number of carbonyl (C=O) groups is 2. The largest absolute Gasteiger partial charge is 0.353 e. The number of aryl methyl sites for hydroxylation is 1. The molecule has 7 nitrogen and oxygen atoms in total. The van der Waals surface area contributed by atoms with E-state index < -0.39 is 0 Å². The molecule has 2 amide bonds. The van der Waals surface area contributed by atoms with Gasteiger partial charge in [-0.05, 0) is 38.2 Å². The molecule has 7 heteroatoms. The van der Waals surface area contributed by atoms with Gasteiger partial charge in [0.2, 0.25) is 11.8 Å². The molecule has 2 aromatic rings. The molecule has 1 aromatic heterocycles. The first-order valence-corrected chi connectivity index (χ1v) is 9.50. The number of pyridine rings is 1. The molecule has 0 saturated carbocycles. The Morgan fingerprint density at radius 2 is 1.75 bits per heavy atom. The number of hydrogen-bond donors (Lipinski definition) is 1. The highest BCUT2D eigenvalue weighted by atomic mass is 16.2. The lowest BCUT2D eigenvalue weighted by Gasteiger charge is -2.36. The van der Waals surface area contributed by atoms with E-state index in [1.165, 1.54) is 0 Å². The first kappa shape index (κ1) is 19.8. The lowest BCUT2D eigenvalue weighted by Crippen LogP contribution is -2.51. The van der Waals surface area contributed by atoms with Crippen molar-refractivity contribution in [1.29, 1.82) is 0 Å². The first-order valence-electron chi connectivity index (χ1n) is 9.50. The number of likely N-dealkylation sites (N-methyl/N-ethyl adjacent to an activating group) is 1. The smallest absolute Gasteiger partial charge is 0.238 e. The van der Waals surface area contributed by atoms with Gasteiger partial charge in [0.1, 0.15) is 5.82 Å². The Kier molecular flexibility index (Phi) is 6.60. The Morgan fingerprint density at radius 1 is 1.04 bits per heavy atom. The van der Waals surface area contributed by atoms with Crippen LogP contribution in [0.1, 0.15) is 5.56 Å². The zero-order valence-electron chi connectivity index (χ0n) is 16.5. The van der Waals surface area contributed by atoms with Crippen molar-refractivity contribution in [3.05, 3.63) is 54.2 Å². The van der Waals surface area contributed by atoms with E-state index in [9.17, 15) is 9.59 Å². The molecule has 0 aliphatic carbocycles. The van der Waals surface area contributed by atoms with Crippen LogP contribution in [0.25, 0.3) is 0 Å². The minimum atomic E-state index is -0.126. The van der Waals surface area contributed by atoms with Crippen molar-refractivity contribution < 1.29 is 9.59 Å². The summed E-state index contributed by atoms with van der Waals surface area (Å²) in [6.45, 7) is 5.26. The molecule has 0 spiro atoms. The van der Waals surface area contributed by atoms with E-state index in [4.69, 9.17) is 0 Å². The van der Waals surface area contributed by atoms with Crippen LogP contribution in [-0.2, 0) is 9.59 Å². The van der Waals surface area contributed by atoms with Gasteiger partial charge in [-0.15, -0.1) is 0 Å². The third-order valence-corrected chi connectivity index (χ3v) is 4.76. The van der Waals surface area contributed by atoms with Crippen molar-refractivity contribution in [2.45, 2.75) is 6.92 Å². The quantitative estimate of drug-likeness (QED) is 0.823. The van der Waals surface area contributed by atoms with Crippen LogP contribution in [0.15, 0.2) is 48.7 Å². The maximum atomic E-state index is 12.5. The average Bonchev–Trinajstić information content (AvgIpc) is 2.70. The molecule has 1 aromatic carbocycles. The van der Waals surface area contributed by atoms with Crippen molar-refractivity contribution in [3.63, 3.8) is 0 Å². The maximum Gasteiger partial charge on any atom is 0.238 e. The number of anilines is 2. The number of rotatable bonds is 6. The number of carbonyl (C=O) groups excluding carboxylic acids is 2. The fourth-order valence-electron chi connectivity index (χ4n) is 3.20. The first-order chi connectivity index (χ1) is 13.5. The van der Waals surface area contributed by atoms with Crippen molar-refractivity contribution in [3.8, 4) is 0 Å². The normalized spacial score (nSPS) is 14.2. The summed E-state index contributed by atoms with van der Waals surface area (Å²) < 4.78 is 0. The third kappa shape index (κ3) is 5.53.